The Hall–Kier alpha value is -1.67. The molecule has 0 amide bonds. The van der Waals surface area contributed by atoms with Crippen LogP contribution >= 0.6 is 0 Å². The van der Waals surface area contributed by atoms with E-state index in [1.54, 1.807) is 24.3 Å². The van der Waals surface area contributed by atoms with Crippen LogP contribution in [0.3, 0.4) is 0 Å². The van der Waals surface area contributed by atoms with E-state index in [-0.39, 0.29) is 5.56 Å². The first kappa shape index (κ1) is 14.7. The molecule has 2 aromatic carbocycles. The molecule has 7 heteroatoms. The van der Waals surface area contributed by atoms with Crippen LogP contribution in [0.15, 0.2) is 36.4 Å². The number of hydrogen-bond donors (Lipinski definition) is 2. The minimum absolute atomic E-state index is 0.220. The highest BCUT2D eigenvalue weighted by Crippen LogP contribution is 2.23. The second-order valence-electron chi connectivity index (χ2n) is 4.09. The van der Waals surface area contributed by atoms with Crippen molar-refractivity contribution in [3.63, 3.8) is 0 Å². The molecule has 2 rings (SSSR count). The Balaban J connectivity index is 2.22. The van der Waals surface area contributed by atoms with Gasteiger partial charge in [-0.2, -0.15) is 0 Å². The topological polar surface area (TPSA) is 49.7 Å². The van der Waals surface area contributed by atoms with Gasteiger partial charge in [-0.1, -0.05) is 24.3 Å². The lowest BCUT2D eigenvalue weighted by molar-refractivity contribution is -0.179. The first-order valence-electron chi connectivity index (χ1n) is 5.69. The molecule has 0 radical (unpaired) electrons. The summed E-state index contributed by atoms with van der Waals surface area (Å²) in [6, 6.07) is 8.34. The highest BCUT2D eigenvalue weighted by molar-refractivity contribution is 6.46. The second kappa shape index (κ2) is 6.19. The average Bonchev–Trinajstić information content (AvgIpc) is 2.42. The molecule has 0 spiro atoms. The normalized spacial score (nSPS) is 11.7. The summed E-state index contributed by atoms with van der Waals surface area (Å²) in [5, 5.41) is 17.9. The molecule has 0 atom stereocenters. The van der Waals surface area contributed by atoms with Crippen LogP contribution in [0.4, 0.5) is 13.2 Å². The lowest BCUT2D eigenvalue weighted by atomic mass is 10.1. The van der Waals surface area contributed by atoms with E-state index in [1.807, 2.05) is 0 Å². The zero-order chi connectivity index (χ0) is 14.7. The van der Waals surface area contributed by atoms with Gasteiger partial charge in [-0.3, -0.25) is 0 Å². The molecule has 0 unspecified atom stereocenters. The molecule has 0 bridgehead atoms. The molecule has 0 saturated carbocycles. The minimum atomic E-state index is -1.80. The van der Waals surface area contributed by atoms with Crippen molar-refractivity contribution in [1.29, 1.82) is 0 Å². The maximum Gasteiger partial charge on any atom is 0.256 e. The van der Waals surface area contributed by atoms with Gasteiger partial charge in [-0.15, -0.1) is 0 Å². The summed E-state index contributed by atoms with van der Waals surface area (Å²) in [7, 11) is -1.28. The van der Waals surface area contributed by atoms with Crippen molar-refractivity contribution in [2.24, 2.45) is 0 Å². The van der Waals surface area contributed by atoms with Crippen molar-refractivity contribution in [1.82, 2.24) is 0 Å². The monoisotopic (exact) mass is 300 g/mol. The van der Waals surface area contributed by atoms with Gasteiger partial charge < -0.3 is 14.6 Å². The molecule has 0 heterocycles. The second-order valence-corrected chi connectivity index (χ2v) is 5.53. The third kappa shape index (κ3) is 3.45. The van der Waals surface area contributed by atoms with Gasteiger partial charge in [0, 0.05) is 0 Å². The Morgan fingerprint density at radius 1 is 0.900 bits per heavy atom. The molecular formula is C13H11F3O3Si. The standard InChI is InChI=1S/C13H11F3O3Si/c14-10-5-8(6-11(15)12(10)16)7-1-3-9(4-2-7)20-19-13(17)18/h1-6,13,17-18H,20H2. The fraction of sp³-hybridized carbons (Fsp3) is 0.0769. The first-order valence-corrected chi connectivity index (χ1v) is 6.97. The van der Waals surface area contributed by atoms with Gasteiger partial charge in [0.05, 0.1) is 0 Å². The Morgan fingerprint density at radius 3 is 1.95 bits per heavy atom. The molecule has 0 aliphatic heterocycles. The molecule has 2 N–H and O–H groups in total. The minimum Gasteiger partial charge on any atom is -0.373 e. The molecular weight excluding hydrogens is 289 g/mol. The van der Waals surface area contributed by atoms with Gasteiger partial charge in [0.2, 0.25) is 0 Å². The van der Waals surface area contributed by atoms with Crippen LogP contribution in [-0.4, -0.2) is 26.5 Å². The van der Waals surface area contributed by atoms with Crippen molar-refractivity contribution < 1.29 is 27.8 Å². The van der Waals surface area contributed by atoms with E-state index in [4.69, 9.17) is 14.6 Å². The maximum absolute atomic E-state index is 13.1. The van der Waals surface area contributed by atoms with Crippen LogP contribution in [0.1, 0.15) is 0 Å². The summed E-state index contributed by atoms with van der Waals surface area (Å²) in [5.74, 6) is -3.99. The van der Waals surface area contributed by atoms with Gasteiger partial charge in [0.1, 0.15) is 0 Å². The highest BCUT2D eigenvalue weighted by atomic mass is 28.2. The quantitative estimate of drug-likeness (QED) is 0.498. The van der Waals surface area contributed by atoms with Crippen molar-refractivity contribution in [3.8, 4) is 11.1 Å². The molecule has 0 saturated heterocycles. The van der Waals surface area contributed by atoms with Crippen LogP contribution in [0.25, 0.3) is 11.1 Å². The summed E-state index contributed by atoms with van der Waals surface area (Å²) in [5.41, 5.74) is 0.739. The zero-order valence-corrected chi connectivity index (χ0v) is 11.6. The fourth-order valence-corrected chi connectivity index (χ4v) is 2.46. The van der Waals surface area contributed by atoms with Gasteiger partial charge in [-0.25, -0.2) is 13.2 Å². The number of benzene rings is 2. The van der Waals surface area contributed by atoms with Gasteiger partial charge in [-0.05, 0) is 28.4 Å². The zero-order valence-electron chi connectivity index (χ0n) is 10.2. The number of aliphatic hydroxyl groups is 2. The van der Waals surface area contributed by atoms with Crippen LogP contribution < -0.4 is 5.19 Å². The van der Waals surface area contributed by atoms with E-state index in [1.165, 1.54) is 0 Å². The predicted molar refractivity (Wildman–Crippen MR) is 69.2 cm³/mol. The molecule has 0 aliphatic rings. The van der Waals surface area contributed by atoms with E-state index >= 15 is 0 Å². The molecule has 20 heavy (non-hydrogen) atoms. The van der Waals surface area contributed by atoms with Crippen LogP contribution in [-0.2, 0) is 4.43 Å². The SMILES string of the molecule is OC(O)O[SiH2]c1ccc(-c2cc(F)c(F)c(F)c2)cc1. The van der Waals surface area contributed by atoms with E-state index in [0.717, 1.165) is 17.3 Å². The third-order valence-electron chi connectivity index (χ3n) is 2.67. The highest BCUT2D eigenvalue weighted by Gasteiger charge is 2.11. The smallest absolute Gasteiger partial charge is 0.256 e. The number of rotatable bonds is 4. The summed E-state index contributed by atoms with van der Waals surface area (Å²) in [4.78, 5) is 0. The van der Waals surface area contributed by atoms with Crippen molar-refractivity contribution in [2.45, 2.75) is 6.48 Å². The van der Waals surface area contributed by atoms with E-state index in [0.29, 0.717) is 5.56 Å². The Bertz CT molecular complexity index is 579. The number of hydrogen-bond acceptors (Lipinski definition) is 3. The fourth-order valence-electron chi connectivity index (χ4n) is 1.69. The predicted octanol–water partition coefficient (Wildman–Crippen LogP) is 0.765. The lowest BCUT2D eigenvalue weighted by Gasteiger charge is -2.07. The first-order chi connectivity index (χ1) is 9.47. The van der Waals surface area contributed by atoms with Crippen LogP contribution in [0.5, 0.6) is 0 Å². The molecule has 0 aromatic heterocycles. The van der Waals surface area contributed by atoms with Crippen molar-refractivity contribution in [3.05, 3.63) is 53.8 Å². The van der Waals surface area contributed by atoms with Gasteiger partial charge in [0.15, 0.2) is 27.2 Å². The third-order valence-corrected chi connectivity index (χ3v) is 3.94. The molecule has 106 valence electrons. The Kier molecular flexibility index (Phi) is 4.56. The molecule has 0 aliphatic carbocycles. The van der Waals surface area contributed by atoms with E-state index in [9.17, 15) is 13.2 Å². The summed E-state index contributed by atoms with van der Waals surface area (Å²) >= 11 is 0. The largest absolute Gasteiger partial charge is 0.373 e. The van der Waals surface area contributed by atoms with Gasteiger partial charge >= 0.3 is 0 Å². The number of halogens is 3. The average molecular weight is 300 g/mol. The van der Waals surface area contributed by atoms with Crippen molar-refractivity contribution in [2.75, 3.05) is 0 Å². The summed E-state index contributed by atoms with van der Waals surface area (Å²) in [6.07, 6.45) is 0. The maximum atomic E-state index is 13.1. The van der Waals surface area contributed by atoms with E-state index in [2.05, 4.69) is 0 Å². The summed E-state index contributed by atoms with van der Waals surface area (Å²) < 4.78 is 43.8. The Morgan fingerprint density at radius 2 is 1.45 bits per heavy atom. The van der Waals surface area contributed by atoms with E-state index < -0.39 is 33.7 Å². The van der Waals surface area contributed by atoms with Crippen LogP contribution in [0, 0.1) is 17.5 Å². The summed E-state index contributed by atoms with van der Waals surface area (Å²) in [6.45, 7) is -1.80. The molecule has 0 fully saturated rings. The Labute approximate surface area is 115 Å². The number of aliphatic hydroxyl groups excluding tert-OH is 1. The van der Waals surface area contributed by atoms with Crippen molar-refractivity contribution >= 4 is 14.9 Å². The molecule has 2 aromatic rings. The van der Waals surface area contributed by atoms with Crippen LogP contribution in [0.2, 0.25) is 0 Å². The van der Waals surface area contributed by atoms with Gasteiger partial charge in [0.25, 0.3) is 6.48 Å². The lowest BCUT2D eigenvalue weighted by Crippen LogP contribution is -2.23. The molecule has 3 nitrogen and oxygen atoms in total.